The minimum atomic E-state index is -0.289. The Hall–Kier alpha value is -2.39. The minimum Gasteiger partial charge on any atom is -0.467 e. The van der Waals surface area contributed by atoms with Gasteiger partial charge in [0.1, 0.15) is 11.6 Å². The summed E-state index contributed by atoms with van der Waals surface area (Å²) in [6.07, 6.45) is 1.93. The molecule has 0 aliphatic rings. The zero-order valence-electron chi connectivity index (χ0n) is 12.2. The number of nitrogens with zero attached hydrogens (tertiary/aromatic N) is 2. The summed E-state index contributed by atoms with van der Waals surface area (Å²) >= 11 is 5.36. The van der Waals surface area contributed by atoms with Crippen LogP contribution in [0.5, 0.6) is 0 Å². The van der Waals surface area contributed by atoms with Gasteiger partial charge in [-0.15, -0.1) is 0 Å². The van der Waals surface area contributed by atoms with Gasteiger partial charge in [-0.05, 0) is 49.0 Å². The highest BCUT2D eigenvalue weighted by atomic mass is 32.1. The molecule has 114 valence electrons. The molecule has 0 atom stereocenters. The molecular formula is C16H16FN3OS. The predicted octanol–water partition coefficient (Wildman–Crippen LogP) is 3.84. The van der Waals surface area contributed by atoms with E-state index in [0.29, 0.717) is 35.9 Å². The molecule has 0 bridgehead atoms. The third kappa shape index (κ3) is 4.30. The quantitative estimate of drug-likeness (QED) is 0.849. The van der Waals surface area contributed by atoms with E-state index >= 15 is 0 Å². The second-order valence-corrected chi connectivity index (χ2v) is 5.19. The topological polar surface area (TPSA) is 52.2 Å². The fraction of sp³-hybridized carbons (Fsp3) is 0.250. The SMILES string of the molecule is Cc1ccc(NC(=S)N(CCC#N)Cc2ccco2)cc1F. The van der Waals surface area contributed by atoms with Crippen molar-refractivity contribution in [3.05, 3.63) is 53.7 Å². The molecule has 0 saturated carbocycles. The van der Waals surface area contributed by atoms with Gasteiger partial charge >= 0.3 is 0 Å². The van der Waals surface area contributed by atoms with Gasteiger partial charge < -0.3 is 14.6 Å². The molecule has 1 heterocycles. The molecule has 0 aliphatic heterocycles. The fourth-order valence-corrected chi connectivity index (χ4v) is 2.17. The molecule has 0 unspecified atom stereocenters. The highest BCUT2D eigenvalue weighted by molar-refractivity contribution is 7.80. The van der Waals surface area contributed by atoms with Crippen molar-refractivity contribution < 1.29 is 8.81 Å². The third-order valence-corrected chi connectivity index (χ3v) is 3.49. The van der Waals surface area contributed by atoms with Crippen molar-refractivity contribution in [2.45, 2.75) is 19.9 Å². The molecule has 0 radical (unpaired) electrons. The van der Waals surface area contributed by atoms with E-state index in [9.17, 15) is 4.39 Å². The largest absolute Gasteiger partial charge is 0.467 e. The van der Waals surface area contributed by atoms with Crippen molar-refractivity contribution in [1.82, 2.24) is 4.90 Å². The van der Waals surface area contributed by atoms with Gasteiger partial charge in [0, 0.05) is 12.2 Å². The van der Waals surface area contributed by atoms with Crippen LogP contribution in [-0.2, 0) is 6.54 Å². The number of hydrogen-bond acceptors (Lipinski definition) is 3. The Balaban J connectivity index is 2.07. The summed E-state index contributed by atoms with van der Waals surface area (Å²) in [6.45, 7) is 2.62. The number of halogens is 1. The number of benzene rings is 1. The molecule has 2 rings (SSSR count). The first-order valence-corrected chi connectivity index (χ1v) is 7.22. The summed E-state index contributed by atoms with van der Waals surface area (Å²) in [4.78, 5) is 1.81. The normalized spacial score (nSPS) is 10.0. The van der Waals surface area contributed by atoms with Crippen molar-refractivity contribution >= 4 is 23.0 Å². The Morgan fingerprint density at radius 3 is 2.91 bits per heavy atom. The Morgan fingerprint density at radius 2 is 2.27 bits per heavy atom. The van der Waals surface area contributed by atoms with Crippen molar-refractivity contribution in [2.24, 2.45) is 0 Å². The van der Waals surface area contributed by atoms with Crippen LogP contribution in [0, 0.1) is 24.1 Å². The van der Waals surface area contributed by atoms with Crippen LogP contribution >= 0.6 is 12.2 Å². The van der Waals surface area contributed by atoms with Crippen LogP contribution in [0.25, 0.3) is 0 Å². The van der Waals surface area contributed by atoms with E-state index in [4.69, 9.17) is 21.9 Å². The lowest BCUT2D eigenvalue weighted by atomic mass is 10.2. The zero-order chi connectivity index (χ0) is 15.9. The predicted molar refractivity (Wildman–Crippen MR) is 86.7 cm³/mol. The molecule has 4 nitrogen and oxygen atoms in total. The summed E-state index contributed by atoms with van der Waals surface area (Å²) in [5.41, 5.74) is 1.16. The van der Waals surface area contributed by atoms with Crippen molar-refractivity contribution in [3.8, 4) is 6.07 Å². The van der Waals surface area contributed by atoms with Gasteiger partial charge in [-0.1, -0.05) is 6.07 Å². The van der Waals surface area contributed by atoms with Crippen molar-refractivity contribution in [2.75, 3.05) is 11.9 Å². The number of thiocarbonyl (C=S) groups is 1. The third-order valence-electron chi connectivity index (χ3n) is 3.13. The number of rotatable bonds is 5. The van der Waals surface area contributed by atoms with E-state index in [1.807, 2.05) is 11.0 Å². The Kier molecular flexibility index (Phi) is 5.50. The van der Waals surface area contributed by atoms with E-state index in [0.717, 1.165) is 5.76 Å². The van der Waals surface area contributed by atoms with Gasteiger partial charge in [0.15, 0.2) is 5.11 Å². The zero-order valence-corrected chi connectivity index (χ0v) is 13.0. The first-order valence-electron chi connectivity index (χ1n) is 6.81. The first-order chi connectivity index (χ1) is 10.6. The maximum atomic E-state index is 13.6. The summed E-state index contributed by atoms with van der Waals surface area (Å²) in [5, 5.41) is 12.2. The van der Waals surface area contributed by atoms with E-state index in [2.05, 4.69) is 11.4 Å². The van der Waals surface area contributed by atoms with E-state index in [-0.39, 0.29) is 5.82 Å². The monoisotopic (exact) mass is 317 g/mol. The number of furan rings is 1. The molecule has 1 N–H and O–H groups in total. The average Bonchev–Trinajstić information content (AvgIpc) is 3.00. The number of aryl methyl sites for hydroxylation is 1. The number of nitrogens with one attached hydrogen (secondary N) is 1. The fourth-order valence-electron chi connectivity index (χ4n) is 1.90. The maximum Gasteiger partial charge on any atom is 0.173 e. The van der Waals surface area contributed by atoms with Crippen LogP contribution in [0.15, 0.2) is 41.0 Å². The number of nitriles is 1. The summed E-state index contributed by atoms with van der Waals surface area (Å²) in [7, 11) is 0. The van der Waals surface area contributed by atoms with Gasteiger partial charge in [0.25, 0.3) is 0 Å². The minimum absolute atomic E-state index is 0.289. The number of anilines is 1. The van der Waals surface area contributed by atoms with E-state index in [1.54, 1.807) is 31.4 Å². The van der Waals surface area contributed by atoms with E-state index in [1.165, 1.54) is 6.07 Å². The smallest absolute Gasteiger partial charge is 0.173 e. The summed E-state index contributed by atoms with van der Waals surface area (Å²) in [5.74, 6) is 0.458. The molecule has 2 aromatic rings. The standard InChI is InChI=1S/C16H16FN3OS/c1-12-5-6-13(10-15(12)17)19-16(22)20(8-3-7-18)11-14-4-2-9-21-14/h2,4-6,9-10H,3,8,11H2,1H3,(H,19,22). The molecule has 1 aromatic carbocycles. The average molecular weight is 317 g/mol. The summed E-state index contributed by atoms with van der Waals surface area (Å²) in [6, 6.07) is 10.6. The molecule has 0 fully saturated rings. The van der Waals surface area contributed by atoms with Crippen LogP contribution in [0.4, 0.5) is 10.1 Å². The van der Waals surface area contributed by atoms with Crippen LogP contribution in [0.3, 0.4) is 0 Å². The van der Waals surface area contributed by atoms with Crippen molar-refractivity contribution in [1.29, 1.82) is 5.26 Å². The van der Waals surface area contributed by atoms with Gasteiger partial charge in [-0.2, -0.15) is 5.26 Å². The van der Waals surface area contributed by atoms with Crippen LogP contribution in [0.1, 0.15) is 17.7 Å². The van der Waals surface area contributed by atoms with Crippen LogP contribution in [-0.4, -0.2) is 16.6 Å². The molecule has 0 spiro atoms. The van der Waals surface area contributed by atoms with Crippen LogP contribution < -0.4 is 5.32 Å². The molecular weight excluding hydrogens is 301 g/mol. The molecule has 0 amide bonds. The van der Waals surface area contributed by atoms with Crippen LogP contribution in [0.2, 0.25) is 0 Å². The van der Waals surface area contributed by atoms with Crippen molar-refractivity contribution in [3.63, 3.8) is 0 Å². The Labute approximate surface area is 134 Å². The highest BCUT2D eigenvalue weighted by Gasteiger charge is 2.12. The molecule has 0 aliphatic carbocycles. The second-order valence-electron chi connectivity index (χ2n) is 4.80. The lowest BCUT2D eigenvalue weighted by Gasteiger charge is -2.24. The molecule has 6 heteroatoms. The molecule has 22 heavy (non-hydrogen) atoms. The van der Waals surface area contributed by atoms with Gasteiger partial charge in [-0.3, -0.25) is 0 Å². The second kappa shape index (κ2) is 7.57. The lowest BCUT2D eigenvalue weighted by Crippen LogP contribution is -2.34. The molecule has 1 aromatic heterocycles. The number of hydrogen-bond donors (Lipinski definition) is 1. The van der Waals surface area contributed by atoms with Gasteiger partial charge in [0.05, 0.1) is 25.3 Å². The van der Waals surface area contributed by atoms with Gasteiger partial charge in [-0.25, -0.2) is 4.39 Å². The van der Waals surface area contributed by atoms with Gasteiger partial charge in [0.2, 0.25) is 0 Å². The molecule has 0 saturated heterocycles. The maximum absolute atomic E-state index is 13.6. The Morgan fingerprint density at radius 1 is 1.45 bits per heavy atom. The Bertz CT molecular complexity index is 679. The van der Waals surface area contributed by atoms with E-state index < -0.39 is 0 Å². The summed E-state index contributed by atoms with van der Waals surface area (Å²) < 4.78 is 18.9. The lowest BCUT2D eigenvalue weighted by molar-refractivity contribution is 0.371. The highest BCUT2D eigenvalue weighted by Crippen LogP contribution is 2.15. The first kappa shape index (κ1) is 16.0.